The van der Waals surface area contributed by atoms with Gasteiger partial charge in [-0.3, -0.25) is 4.79 Å². The zero-order valence-electron chi connectivity index (χ0n) is 17.6. The molecule has 0 atom stereocenters. The molecule has 0 saturated heterocycles. The maximum atomic E-state index is 12.8. The first-order valence-electron chi connectivity index (χ1n) is 9.43. The first-order chi connectivity index (χ1) is 14.1. The highest BCUT2D eigenvalue weighted by atomic mass is 35.5. The van der Waals surface area contributed by atoms with E-state index in [2.05, 4.69) is 15.3 Å². The van der Waals surface area contributed by atoms with E-state index in [-0.39, 0.29) is 27.0 Å². The van der Waals surface area contributed by atoms with E-state index in [0.717, 1.165) is 4.31 Å². The van der Waals surface area contributed by atoms with Gasteiger partial charge in [-0.25, -0.2) is 22.7 Å². The molecule has 1 aromatic heterocycles. The van der Waals surface area contributed by atoms with Crippen molar-refractivity contribution in [1.29, 1.82) is 0 Å². The molecule has 164 valence electrons. The molecule has 0 aliphatic heterocycles. The fraction of sp³-hybridized carbons (Fsp3) is 0.421. The summed E-state index contributed by atoms with van der Waals surface area (Å²) in [6.45, 7) is 7.30. The highest BCUT2D eigenvalue weighted by Crippen LogP contribution is 2.29. The number of sulfonamides is 1. The van der Waals surface area contributed by atoms with Crippen LogP contribution in [0.1, 0.15) is 31.3 Å². The number of carbonyl (C=O) groups is 1. The summed E-state index contributed by atoms with van der Waals surface area (Å²) in [5.41, 5.74) is 0.266. The number of nitrogens with one attached hydrogen (secondary N) is 1. The molecule has 1 heterocycles. The third-order valence-electron chi connectivity index (χ3n) is 4.25. The van der Waals surface area contributed by atoms with Crippen LogP contribution in [-0.4, -0.2) is 62.4 Å². The molecule has 1 amide bonds. The minimum Gasteiger partial charge on any atom is -0.492 e. The van der Waals surface area contributed by atoms with Crippen LogP contribution in [0.2, 0.25) is 5.02 Å². The average molecular weight is 456 g/mol. The molecular weight excluding hydrogens is 430 g/mol. The summed E-state index contributed by atoms with van der Waals surface area (Å²) in [5, 5.41) is 2.74. The number of hydrogen-bond donors (Lipinski definition) is 1. The Morgan fingerprint density at radius 2 is 1.87 bits per heavy atom. The molecule has 2 aromatic rings. The van der Waals surface area contributed by atoms with Crippen molar-refractivity contribution in [1.82, 2.24) is 14.3 Å². The van der Waals surface area contributed by atoms with Crippen LogP contribution in [0, 0.1) is 0 Å². The lowest BCUT2D eigenvalue weighted by atomic mass is 10.3. The number of anilines is 2. The zero-order chi connectivity index (χ0) is 22.5. The average Bonchev–Trinajstić information content (AvgIpc) is 2.71. The van der Waals surface area contributed by atoms with Gasteiger partial charge in [0.1, 0.15) is 10.6 Å². The number of rotatable bonds is 9. The SMILES string of the molecule is CCOc1ccc(NC(=O)c2nc(N(CC)CC)ncc2Cl)cc1S(=O)(=O)N(C)C. The Kier molecular flexibility index (Phi) is 7.99. The van der Waals surface area contributed by atoms with Crippen LogP contribution < -0.4 is 15.0 Å². The third kappa shape index (κ3) is 5.18. The molecule has 1 aromatic carbocycles. The van der Waals surface area contributed by atoms with E-state index in [0.29, 0.717) is 25.6 Å². The van der Waals surface area contributed by atoms with Crippen molar-refractivity contribution in [3.8, 4) is 5.75 Å². The van der Waals surface area contributed by atoms with Crippen molar-refractivity contribution in [2.45, 2.75) is 25.7 Å². The Morgan fingerprint density at radius 1 is 1.20 bits per heavy atom. The maximum absolute atomic E-state index is 12.8. The number of ether oxygens (including phenoxy) is 1. The first-order valence-corrected chi connectivity index (χ1v) is 11.3. The summed E-state index contributed by atoms with van der Waals surface area (Å²) in [7, 11) is -0.942. The van der Waals surface area contributed by atoms with Gasteiger partial charge < -0.3 is 15.0 Å². The molecule has 0 unspecified atom stereocenters. The fourth-order valence-electron chi connectivity index (χ4n) is 2.63. The summed E-state index contributed by atoms with van der Waals surface area (Å²) in [4.78, 5) is 23.1. The van der Waals surface area contributed by atoms with E-state index in [1.807, 2.05) is 18.7 Å². The number of nitrogens with zero attached hydrogens (tertiary/aromatic N) is 4. The molecule has 0 aliphatic carbocycles. The van der Waals surface area contributed by atoms with Crippen LogP contribution in [0.5, 0.6) is 5.75 Å². The van der Waals surface area contributed by atoms with Crippen LogP contribution in [0.15, 0.2) is 29.3 Å². The Labute approximate surface area is 182 Å². The predicted octanol–water partition coefficient (Wildman–Crippen LogP) is 2.88. The van der Waals surface area contributed by atoms with E-state index in [1.54, 1.807) is 13.0 Å². The molecule has 0 fully saturated rings. The van der Waals surface area contributed by atoms with Gasteiger partial charge in [-0.2, -0.15) is 0 Å². The number of amides is 1. The van der Waals surface area contributed by atoms with Gasteiger partial charge in [-0.1, -0.05) is 11.6 Å². The van der Waals surface area contributed by atoms with Crippen LogP contribution in [-0.2, 0) is 10.0 Å². The van der Waals surface area contributed by atoms with Crippen molar-refractivity contribution >= 4 is 39.2 Å². The monoisotopic (exact) mass is 455 g/mol. The molecule has 0 bridgehead atoms. The van der Waals surface area contributed by atoms with E-state index in [4.69, 9.17) is 16.3 Å². The van der Waals surface area contributed by atoms with Gasteiger partial charge in [0.25, 0.3) is 5.91 Å². The smallest absolute Gasteiger partial charge is 0.276 e. The maximum Gasteiger partial charge on any atom is 0.276 e. The van der Waals surface area contributed by atoms with Gasteiger partial charge in [-0.15, -0.1) is 0 Å². The quantitative estimate of drug-likeness (QED) is 0.619. The second kappa shape index (κ2) is 10.1. The van der Waals surface area contributed by atoms with E-state index >= 15 is 0 Å². The molecule has 1 N–H and O–H groups in total. The Hall–Kier alpha value is -2.43. The molecule has 0 saturated carbocycles. The van der Waals surface area contributed by atoms with Gasteiger partial charge in [0, 0.05) is 32.9 Å². The number of aromatic nitrogens is 2. The minimum absolute atomic E-state index is 0.000492. The molecular formula is C19H26ClN5O4S. The van der Waals surface area contributed by atoms with E-state index < -0.39 is 15.9 Å². The summed E-state index contributed by atoms with van der Waals surface area (Å²) in [6.07, 6.45) is 1.37. The Balaban J connectivity index is 2.41. The van der Waals surface area contributed by atoms with Gasteiger partial charge in [-0.05, 0) is 39.0 Å². The van der Waals surface area contributed by atoms with Crippen molar-refractivity contribution in [2.24, 2.45) is 0 Å². The Bertz CT molecular complexity index is 1010. The summed E-state index contributed by atoms with van der Waals surface area (Å²) in [5.74, 6) is 0.0124. The lowest BCUT2D eigenvalue weighted by Crippen LogP contribution is -2.26. The standard InChI is InChI=1S/C19H26ClN5O4S/c1-6-25(7-2)19-21-12-14(20)17(23-19)18(26)22-13-9-10-15(29-8-3)16(11-13)30(27,28)24(4)5/h9-12H,6-8H2,1-5H3,(H,22,26). The van der Waals surface area contributed by atoms with Gasteiger partial charge in [0.05, 0.1) is 17.8 Å². The molecule has 9 nitrogen and oxygen atoms in total. The van der Waals surface area contributed by atoms with Crippen molar-refractivity contribution < 1.29 is 17.9 Å². The Morgan fingerprint density at radius 3 is 2.43 bits per heavy atom. The van der Waals surface area contributed by atoms with Crippen LogP contribution in [0.3, 0.4) is 0 Å². The second-order valence-corrected chi connectivity index (χ2v) is 8.90. The molecule has 30 heavy (non-hydrogen) atoms. The summed E-state index contributed by atoms with van der Waals surface area (Å²) in [6, 6.07) is 4.40. The topological polar surface area (TPSA) is 105 Å². The third-order valence-corrected chi connectivity index (χ3v) is 6.37. The van der Waals surface area contributed by atoms with E-state index in [1.165, 1.54) is 32.4 Å². The minimum atomic E-state index is -3.79. The second-order valence-electron chi connectivity index (χ2n) is 6.37. The molecule has 0 radical (unpaired) electrons. The van der Waals surface area contributed by atoms with Gasteiger partial charge in [0.2, 0.25) is 16.0 Å². The predicted molar refractivity (Wildman–Crippen MR) is 117 cm³/mol. The van der Waals surface area contributed by atoms with Crippen LogP contribution in [0.25, 0.3) is 0 Å². The highest BCUT2D eigenvalue weighted by Gasteiger charge is 2.24. The van der Waals surface area contributed by atoms with Crippen LogP contribution >= 0.6 is 11.6 Å². The lowest BCUT2D eigenvalue weighted by molar-refractivity contribution is 0.102. The van der Waals surface area contributed by atoms with Crippen molar-refractivity contribution in [3.63, 3.8) is 0 Å². The largest absolute Gasteiger partial charge is 0.492 e. The summed E-state index contributed by atoms with van der Waals surface area (Å²) >= 11 is 6.13. The summed E-state index contributed by atoms with van der Waals surface area (Å²) < 4.78 is 31.8. The van der Waals surface area contributed by atoms with Crippen LogP contribution in [0.4, 0.5) is 11.6 Å². The molecule has 2 rings (SSSR count). The molecule has 11 heteroatoms. The van der Waals surface area contributed by atoms with Crippen molar-refractivity contribution in [3.05, 3.63) is 35.1 Å². The molecule has 0 spiro atoms. The number of benzene rings is 1. The first kappa shape index (κ1) is 23.8. The number of carbonyl (C=O) groups excluding carboxylic acids is 1. The number of halogens is 1. The zero-order valence-corrected chi connectivity index (χ0v) is 19.2. The normalized spacial score (nSPS) is 11.4. The van der Waals surface area contributed by atoms with Gasteiger partial charge in [0.15, 0.2) is 5.69 Å². The molecule has 0 aliphatic rings. The van der Waals surface area contributed by atoms with Gasteiger partial charge >= 0.3 is 0 Å². The fourth-order valence-corrected chi connectivity index (χ4v) is 3.85. The van der Waals surface area contributed by atoms with E-state index in [9.17, 15) is 13.2 Å². The highest BCUT2D eigenvalue weighted by molar-refractivity contribution is 7.89. The lowest BCUT2D eigenvalue weighted by Gasteiger charge is -2.19. The number of hydrogen-bond acceptors (Lipinski definition) is 7. The van der Waals surface area contributed by atoms with Crippen molar-refractivity contribution in [2.75, 3.05) is 44.0 Å².